The Morgan fingerprint density at radius 1 is 0.815 bits per heavy atom. The first kappa shape index (κ1) is 21.0. The highest BCUT2D eigenvalue weighted by Gasteiger charge is 2.24. The predicted molar refractivity (Wildman–Crippen MR) is 120 cm³/mol. The van der Waals surface area contributed by atoms with E-state index in [1.165, 1.54) is 87.6 Å². The lowest BCUT2D eigenvalue weighted by Crippen LogP contribution is -2.13. The van der Waals surface area contributed by atoms with Crippen LogP contribution in [-0.2, 0) is 0 Å². The number of hydrogen-bond donors (Lipinski definition) is 0. The summed E-state index contributed by atoms with van der Waals surface area (Å²) in [6.45, 7) is 4.60. The van der Waals surface area contributed by atoms with Crippen molar-refractivity contribution in [1.82, 2.24) is 0 Å². The van der Waals surface area contributed by atoms with Gasteiger partial charge in [-0.05, 0) is 86.7 Å². The molecule has 0 heterocycles. The SMILES string of the molecule is CCCCCC1=C(Cl)CC(c2ccc([C@H]3CC[C@H](CCC)CC3)cc2)CC1. The first-order chi connectivity index (χ1) is 13.2. The number of unbranched alkanes of at least 4 members (excludes halogenated alkanes) is 2. The summed E-state index contributed by atoms with van der Waals surface area (Å²) in [6, 6.07) is 9.66. The summed E-state index contributed by atoms with van der Waals surface area (Å²) in [5.74, 6) is 2.42. The van der Waals surface area contributed by atoms with Crippen LogP contribution in [0.4, 0.5) is 0 Å². The second-order valence-electron chi connectivity index (χ2n) is 9.08. The standard InChI is InChI=1S/C26H39Cl/c1-3-5-6-8-24-17-18-25(19-26(24)27)23-15-13-22(14-16-23)21-11-9-20(7-4-2)10-12-21/h13-16,20-21,25H,3-12,17-19H2,1-2H3/t20-,21-,25?. The molecule has 150 valence electrons. The Balaban J connectivity index is 1.54. The maximum Gasteiger partial charge on any atom is 0.0179 e. The fraction of sp³-hybridized carbons (Fsp3) is 0.692. The van der Waals surface area contributed by atoms with Crippen molar-refractivity contribution < 1.29 is 0 Å². The van der Waals surface area contributed by atoms with Crippen LogP contribution in [0.15, 0.2) is 34.9 Å². The average molecular weight is 387 g/mol. The maximum absolute atomic E-state index is 6.68. The van der Waals surface area contributed by atoms with E-state index in [2.05, 4.69) is 38.1 Å². The van der Waals surface area contributed by atoms with Crippen molar-refractivity contribution in [1.29, 1.82) is 0 Å². The van der Waals surface area contributed by atoms with Crippen LogP contribution in [-0.4, -0.2) is 0 Å². The topological polar surface area (TPSA) is 0 Å². The first-order valence-electron chi connectivity index (χ1n) is 11.7. The Kier molecular flexibility index (Phi) is 8.31. The molecule has 3 rings (SSSR count). The van der Waals surface area contributed by atoms with Gasteiger partial charge >= 0.3 is 0 Å². The van der Waals surface area contributed by atoms with Gasteiger partial charge in [-0.2, -0.15) is 0 Å². The minimum atomic E-state index is 0.627. The van der Waals surface area contributed by atoms with Gasteiger partial charge in [-0.15, -0.1) is 0 Å². The molecule has 0 radical (unpaired) electrons. The van der Waals surface area contributed by atoms with E-state index in [-0.39, 0.29) is 0 Å². The van der Waals surface area contributed by atoms with Crippen molar-refractivity contribution in [2.45, 2.75) is 109 Å². The summed E-state index contributed by atoms with van der Waals surface area (Å²) >= 11 is 6.68. The van der Waals surface area contributed by atoms with Gasteiger partial charge in [0.05, 0.1) is 0 Å². The van der Waals surface area contributed by atoms with Crippen LogP contribution in [0.25, 0.3) is 0 Å². The molecule has 1 atom stereocenters. The highest BCUT2D eigenvalue weighted by molar-refractivity contribution is 6.30. The summed E-state index contributed by atoms with van der Waals surface area (Å²) in [4.78, 5) is 0. The highest BCUT2D eigenvalue weighted by atomic mass is 35.5. The van der Waals surface area contributed by atoms with Crippen LogP contribution in [0.2, 0.25) is 0 Å². The number of rotatable bonds is 8. The lowest BCUT2D eigenvalue weighted by Gasteiger charge is -2.29. The zero-order valence-electron chi connectivity index (χ0n) is 17.6. The quantitative estimate of drug-likeness (QED) is 0.390. The predicted octanol–water partition coefficient (Wildman–Crippen LogP) is 9.10. The smallest absolute Gasteiger partial charge is 0.0179 e. The Morgan fingerprint density at radius 3 is 2.07 bits per heavy atom. The molecule has 1 heteroatoms. The zero-order chi connectivity index (χ0) is 19.1. The van der Waals surface area contributed by atoms with Crippen molar-refractivity contribution >= 4 is 11.6 Å². The molecule has 1 saturated carbocycles. The van der Waals surface area contributed by atoms with Crippen molar-refractivity contribution in [3.63, 3.8) is 0 Å². The van der Waals surface area contributed by atoms with Crippen molar-refractivity contribution in [3.8, 4) is 0 Å². The summed E-state index contributed by atoms with van der Waals surface area (Å²) in [5, 5.41) is 1.17. The summed E-state index contributed by atoms with van der Waals surface area (Å²) in [5.41, 5.74) is 4.62. The van der Waals surface area contributed by atoms with E-state index in [4.69, 9.17) is 11.6 Å². The summed E-state index contributed by atoms with van der Waals surface area (Å²) < 4.78 is 0. The van der Waals surface area contributed by atoms with Gasteiger partial charge in [-0.25, -0.2) is 0 Å². The van der Waals surface area contributed by atoms with Crippen molar-refractivity contribution in [3.05, 3.63) is 46.0 Å². The van der Waals surface area contributed by atoms with Crippen molar-refractivity contribution in [2.75, 3.05) is 0 Å². The van der Waals surface area contributed by atoms with Crippen molar-refractivity contribution in [2.24, 2.45) is 5.92 Å². The van der Waals surface area contributed by atoms with E-state index in [0.29, 0.717) is 5.92 Å². The third-order valence-electron chi connectivity index (χ3n) is 7.11. The van der Waals surface area contributed by atoms with Crippen LogP contribution >= 0.6 is 11.6 Å². The third-order valence-corrected chi connectivity index (χ3v) is 7.53. The van der Waals surface area contributed by atoms with E-state index < -0.39 is 0 Å². The van der Waals surface area contributed by atoms with Crippen LogP contribution in [0, 0.1) is 5.92 Å². The maximum atomic E-state index is 6.68. The molecule has 1 fully saturated rings. The minimum Gasteiger partial charge on any atom is -0.0892 e. The fourth-order valence-electron chi connectivity index (χ4n) is 5.31. The zero-order valence-corrected chi connectivity index (χ0v) is 18.4. The molecule has 27 heavy (non-hydrogen) atoms. The van der Waals surface area contributed by atoms with Crippen LogP contribution in [0.5, 0.6) is 0 Å². The lowest BCUT2D eigenvalue weighted by molar-refractivity contribution is 0.308. The molecule has 2 aliphatic carbocycles. The molecular weight excluding hydrogens is 348 g/mol. The fourth-order valence-corrected chi connectivity index (χ4v) is 5.69. The lowest BCUT2D eigenvalue weighted by atomic mass is 9.76. The monoisotopic (exact) mass is 386 g/mol. The van der Waals surface area contributed by atoms with E-state index in [1.807, 2.05) is 0 Å². The molecule has 0 amide bonds. The molecule has 0 spiro atoms. The third kappa shape index (κ3) is 5.86. The normalized spacial score (nSPS) is 26.4. The minimum absolute atomic E-state index is 0.627. The molecule has 0 saturated heterocycles. The van der Waals surface area contributed by atoms with Crippen LogP contribution in [0.1, 0.15) is 120 Å². The number of hydrogen-bond acceptors (Lipinski definition) is 0. The molecule has 1 aromatic carbocycles. The number of allylic oxidation sites excluding steroid dienone is 2. The summed E-state index contributed by atoms with van der Waals surface area (Å²) in [6.07, 6.45) is 17.1. The van der Waals surface area contributed by atoms with Gasteiger partial charge in [-0.3, -0.25) is 0 Å². The van der Waals surface area contributed by atoms with Gasteiger partial charge in [0.15, 0.2) is 0 Å². The average Bonchev–Trinajstić information content (AvgIpc) is 2.70. The summed E-state index contributed by atoms with van der Waals surface area (Å²) in [7, 11) is 0. The molecule has 0 aliphatic heterocycles. The molecule has 0 N–H and O–H groups in total. The second-order valence-corrected chi connectivity index (χ2v) is 9.53. The first-order valence-corrected chi connectivity index (χ1v) is 12.0. The van der Waals surface area contributed by atoms with E-state index >= 15 is 0 Å². The molecule has 0 bridgehead atoms. The highest BCUT2D eigenvalue weighted by Crippen LogP contribution is 2.41. The molecule has 1 unspecified atom stereocenters. The molecule has 1 aromatic rings. The molecule has 2 aliphatic rings. The van der Waals surface area contributed by atoms with E-state index in [0.717, 1.165) is 18.3 Å². The van der Waals surface area contributed by atoms with E-state index in [9.17, 15) is 0 Å². The number of benzene rings is 1. The molecule has 0 aromatic heterocycles. The second kappa shape index (κ2) is 10.7. The largest absolute Gasteiger partial charge is 0.0892 e. The Morgan fingerprint density at radius 2 is 1.48 bits per heavy atom. The van der Waals surface area contributed by atoms with Gasteiger partial charge in [0.1, 0.15) is 0 Å². The molecular formula is C26H39Cl. The Bertz CT molecular complexity index is 589. The molecule has 0 nitrogen and oxygen atoms in total. The van der Waals surface area contributed by atoms with Crippen LogP contribution < -0.4 is 0 Å². The van der Waals surface area contributed by atoms with E-state index in [1.54, 1.807) is 11.1 Å². The van der Waals surface area contributed by atoms with Gasteiger partial charge in [0.2, 0.25) is 0 Å². The number of halogens is 1. The van der Waals surface area contributed by atoms with Gasteiger partial charge in [0, 0.05) is 5.03 Å². The van der Waals surface area contributed by atoms with Gasteiger partial charge < -0.3 is 0 Å². The van der Waals surface area contributed by atoms with Crippen LogP contribution in [0.3, 0.4) is 0 Å². The Labute approximate surface area is 172 Å². The van der Waals surface area contributed by atoms with Gasteiger partial charge in [-0.1, -0.05) is 81.0 Å². The van der Waals surface area contributed by atoms with Gasteiger partial charge in [0.25, 0.3) is 0 Å². The Hall–Kier alpha value is -0.750.